The summed E-state index contributed by atoms with van der Waals surface area (Å²) in [5.74, 6) is 0. The molecule has 0 fully saturated rings. The molecule has 1 aromatic heterocycles. The first kappa shape index (κ1) is 18.6. The minimum absolute atomic E-state index is 0.0741. The molecule has 0 unspecified atom stereocenters. The minimum Gasteiger partial charge on any atom is -0.318 e. The lowest BCUT2D eigenvalue weighted by molar-refractivity contribution is 0.483. The quantitative estimate of drug-likeness (QED) is 0.765. The van der Waals surface area contributed by atoms with E-state index >= 15 is 0 Å². The Morgan fingerprint density at radius 1 is 1.17 bits per heavy atom. The van der Waals surface area contributed by atoms with Crippen LogP contribution >= 0.6 is 0 Å². The number of imidazole rings is 1. The van der Waals surface area contributed by atoms with E-state index in [0.29, 0.717) is 19.6 Å². The van der Waals surface area contributed by atoms with E-state index in [1.54, 1.807) is 22.8 Å². The van der Waals surface area contributed by atoms with Gasteiger partial charge in [0.2, 0.25) is 15.0 Å². The van der Waals surface area contributed by atoms with E-state index in [9.17, 15) is 16.8 Å². The Balaban J connectivity index is 0.000000185. The van der Waals surface area contributed by atoms with Gasteiger partial charge in [-0.1, -0.05) is 18.2 Å². The summed E-state index contributed by atoms with van der Waals surface area (Å²) in [5, 5.41) is 3.34. The molecule has 2 aromatic rings. The van der Waals surface area contributed by atoms with Crippen molar-refractivity contribution in [2.24, 2.45) is 0 Å². The summed E-state index contributed by atoms with van der Waals surface area (Å²) in [7, 11) is -7.20. The van der Waals surface area contributed by atoms with Gasteiger partial charge >= 0.3 is 0 Å². The van der Waals surface area contributed by atoms with Crippen molar-refractivity contribution in [3.63, 3.8) is 0 Å². The smallest absolute Gasteiger partial charge is 0.294 e. The molecular formula is C14H19N3O5S2. The Morgan fingerprint density at radius 3 is 2.25 bits per heavy atom. The van der Waals surface area contributed by atoms with Gasteiger partial charge in [0.1, 0.15) is 0 Å². The third-order valence-corrected chi connectivity index (χ3v) is 5.24. The minimum atomic E-state index is -4.00. The second kappa shape index (κ2) is 7.01. The number of hydrogen-bond acceptors (Lipinski definition) is 6. The number of fused-ring (bicyclic) bond motifs is 1. The largest absolute Gasteiger partial charge is 0.318 e. The average Bonchev–Trinajstić information content (AvgIpc) is 3.07. The van der Waals surface area contributed by atoms with Crippen molar-refractivity contribution < 1.29 is 21.4 Å². The number of nitrogens with zero attached hydrogens (tertiary/aromatic N) is 2. The first-order chi connectivity index (χ1) is 11.1. The van der Waals surface area contributed by atoms with Crippen LogP contribution in [0.2, 0.25) is 0 Å². The van der Waals surface area contributed by atoms with E-state index in [2.05, 4.69) is 10.3 Å². The predicted octanol–water partition coefficient (Wildman–Crippen LogP) is 0.843. The molecule has 0 amide bonds. The van der Waals surface area contributed by atoms with Crippen LogP contribution in [-0.2, 0) is 39.6 Å². The summed E-state index contributed by atoms with van der Waals surface area (Å²) in [4.78, 5) is 4.07. The zero-order valence-corrected chi connectivity index (χ0v) is 14.9. The molecule has 0 radical (unpaired) electrons. The number of benzene rings is 1. The predicted molar refractivity (Wildman–Crippen MR) is 87.8 cm³/mol. The average molecular weight is 373 g/mol. The van der Waals surface area contributed by atoms with Gasteiger partial charge in [-0.2, -0.15) is 8.42 Å². The molecule has 132 valence electrons. The molecule has 0 bridgehead atoms. The van der Waals surface area contributed by atoms with Crippen LogP contribution in [0.5, 0.6) is 0 Å². The summed E-state index contributed by atoms with van der Waals surface area (Å²) >= 11 is 0. The monoisotopic (exact) mass is 373 g/mol. The van der Waals surface area contributed by atoms with E-state index in [-0.39, 0.29) is 10.1 Å². The maximum absolute atomic E-state index is 11.4. The van der Waals surface area contributed by atoms with E-state index in [4.69, 9.17) is 4.55 Å². The fraction of sp³-hybridized carbons (Fsp3) is 0.357. The van der Waals surface area contributed by atoms with Gasteiger partial charge in [0.25, 0.3) is 10.1 Å². The highest BCUT2D eigenvalue weighted by molar-refractivity contribution is 7.90. The maximum Gasteiger partial charge on any atom is 0.294 e. The third kappa shape index (κ3) is 4.20. The lowest BCUT2D eigenvalue weighted by Crippen LogP contribution is -2.13. The Morgan fingerprint density at radius 2 is 1.79 bits per heavy atom. The third-order valence-electron chi connectivity index (χ3n) is 3.39. The van der Waals surface area contributed by atoms with E-state index in [1.807, 2.05) is 6.92 Å². The van der Waals surface area contributed by atoms with Crippen LogP contribution in [0.1, 0.15) is 18.3 Å². The second-order valence-electron chi connectivity index (χ2n) is 5.20. The summed E-state index contributed by atoms with van der Waals surface area (Å²) in [6.45, 7) is 3.96. The molecule has 1 aliphatic heterocycles. The van der Waals surface area contributed by atoms with E-state index in [1.165, 1.54) is 18.4 Å². The van der Waals surface area contributed by atoms with Crippen molar-refractivity contribution in [1.29, 1.82) is 0 Å². The highest BCUT2D eigenvalue weighted by atomic mass is 32.2. The normalized spacial score (nSPS) is 14.0. The molecule has 0 saturated carbocycles. The molecule has 24 heavy (non-hydrogen) atoms. The highest BCUT2D eigenvalue weighted by Crippen LogP contribution is 2.20. The molecule has 0 atom stereocenters. The van der Waals surface area contributed by atoms with Gasteiger partial charge in [-0.3, -0.25) is 4.55 Å². The summed E-state index contributed by atoms with van der Waals surface area (Å²) < 4.78 is 53.8. The molecule has 0 aliphatic carbocycles. The van der Waals surface area contributed by atoms with E-state index < -0.39 is 20.0 Å². The van der Waals surface area contributed by atoms with Crippen LogP contribution in [-0.4, -0.2) is 37.2 Å². The van der Waals surface area contributed by atoms with Crippen molar-refractivity contribution in [3.8, 4) is 0 Å². The number of aromatic nitrogens is 2. The van der Waals surface area contributed by atoms with Gasteiger partial charge in [-0.25, -0.2) is 13.4 Å². The Hall–Kier alpha value is -1.75. The first-order valence-electron chi connectivity index (χ1n) is 7.16. The Labute approximate surface area is 141 Å². The van der Waals surface area contributed by atoms with E-state index in [0.717, 1.165) is 11.4 Å². The van der Waals surface area contributed by atoms with Gasteiger partial charge in [0.05, 0.1) is 16.3 Å². The Kier molecular flexibility index (Phi) is 5.43. The molecule has 0 saturated heterocycles. The van der Waals surface area contributed by atoms with Gasteiger partial charge in [0.15, 0.2) is 0 Å². The zero-order valence-electron chi connectivity index (χ0n) is 13.3. The van der Waals surface area contributed by atoms with Crippen molar-refractivity contribution in [1.82, 2.24) is 14.9 Å². The van der Waals surface area contributed by atoms with Gasteiger partial charge in [-0.05, 0) is 19.1 Å². The SMILES string of the molecule is CCn1c(S(C)(=O)=O)nc2c1CNC2.O=S(=O)(O)c1ccccc1. The van der Waals surface area contributed by atoms with Crippen LogP contribution < -0.4 is 5.32 Å². The molecular weight excluding hydrogens is 354 g/mol. The van der Waals surface area contributed by atoms with Crippen molar-refractivity contribution in [3.05, 3.63) is 41.7 Å². The highest BCUT2D eigenvalue weighted by Gasteiger charge is 2.24. The number of rotatable bonds is 3. The summed E-state index contributed by atoms with van der Waals surface area (Å²) in [6.07, 6.45) is 1.20. The fourth-order valence-electron chi connectivity index (χ4n) is 2.35. The van der Waals surface area contributed by atoms with Crippen molar-refractivity contribution in [2.75, 3.05) is 6.26 Å². The van der Waals surface area contributed by atoms with Gasteiger partial charge in [0, 0.05) is 25.9 Å². The Bertz CT molecular complexity index is 919. The van der Waals surface area contributed by atoms with Crippen LogP contribution in [0.15, 0.2) is 40.4 Å². The standard InChI is InChI=1S/C8H13N3O2S.C6H6O3S/c1-3-11-7-5-9-4-6(7)10-8(11)14(2,12)13;7-10(8,9)6-4-2-1-3-5-6/h9H,3-5H2,1-2H3;1-5H,(H,7,8,9). The second-order valence-corrected chi connectivity index (χ2v) is 8.53. The van der Waals surface area contributed by atoms with Crippen molar-refractivity contribution >= 4 is 20.0 Å². The van der Waals surface area contributed by atoms with Crippen LogP contribution in [0.4, 0.5) is 0 Å². The van der Waals surface area contributed by atoms with Crippen LogP contribution in [0.3, 0.4) is 0 Å². The molecule has 2 heterocycles. The van der Waals surface area contributed by atoms with Gasteiger partial charge in [-0.15, -0.1) is 0 Å². The topological polar surface area (TPSA) is 118 Å². The molecule has 3 rings (SSSR count). The lowest BCUT2D eigenvalue weighted by atomic mass is 10.4. The maximum atomic E-state index is 11.4. The van der Waals surface area contributed by atoms with Crippen LogP contribution in [0, 0.1) is 0 Å². The molecule has 2 N–H and O–H groups in total. The molecule has 0 spiro atoms. The van der Waals surface area contributed by atoms with Crippen LogP contribution in [0.25, 0.3) is 0 Å². The fourth-order valence-corrected chi connectivity index (χ4v) is 3.77. The molecule has 10 heteroatoms. The van der Waals surface area contributed by atoms with Gasteiger partial charge < -0.3 is 9.88 Å². The summed E-state index contributed by atoms with van der Waals surface area (Å²) in [6, 6.07) is 7.42. The number of nitrogens with one attached hydrogen (secondary N) is 1. The summed E-state index contributed by atoms with van der Waals surface area (Å²) in [5.41, 5.74) is 1.88. The first-order valence-corrected chi connectivity index (χ1v) is 10.5. The molecule has 8 nitrogen and oxygen atoms in total. The lowest BCUT2D eigenvalue weighted by Gasteiger charge is -2.05. The molecule has 1 aromatic carbocycles. The van der Waals surface area contributed by atoms with Crippen molar-refractivity contribution in [2.45, 2.75) is 36.6 Å². The molecule has 1 aliphatic rings. The number of sulfone groups is 1. The zero-order chi connectivity index (χ0) is 18.0. The number of hydrogen-bond donors (Lipinski definition) is 2.